The first-order valence-corrected chi connectivity index (χ1v) is 7.93. The third kappa shape index (κ3) is 2.69. The predicted molar refractivity (Wildman–Crippen MR) is 80.4 cm³/mol. The van der Waals surface area contributed by atoms with E-state index in [1.165, 1.54) is 12.1 Å². The van der Waals surface area contributed by atoms with Crippen molar-refractivity contribution in [3.8, 4) is 0 Å². The fourth-order valence-electron chi connectivity index (χ4n) is 3.07. The van der Waals surface area contributed by atoms with Gasteiger partial charge in [-0.3, -0.25) is 9.59 Å². The van der Waals surface area contributed by atoms with Crippen molar-refractivity contribution in [2.24, 2.45) is 0 Å². The van der Waals surface area contributed by atoms with Crippen LogP contribution in [0.5, 0.6) is 0 Å². The summed E-state index contributed by atoms with van der Waals surface area (Å²) in [5, 5.41) is 0. The maximum absolute atomic E-state index is 13.2. The summed E-state index contributed by atoms with van der Waals surface area (Å²) in [6.07, 6.45) is 2.93. The lowest BCUT2D eigenvalue weighted by molar-refractivity contribution is -0.138. The monoisotopic (exact) mass is 354 g/mol. The van der Waals surface area contributed by atoms with Crippen LogP contribution in [-0.2, 0) is 9.59 Å². The van der Waals surface area contributed by atoms with E-state index in [0.717, 1.165) is 12.8 Å². The van der Waals surface area contributed by atoms with Crippen LogP contribution in [0, 0.1) is 5.82 Å². The highest BCUT2D eigenvalue weighted by Gasteiger charge is 2.38. The van der Waals surface area contributed by atoms with E-state index in [-0.39, 0.29) is 23.7 Å². The molecule has 1 unspecified atom stereocenters. The standard InChI is InChI=1S/C15H16BrFN2O2/c16-11-9-10(17)4-5-12(11)19-8-6-14(20)18-7-2-1-3-13(18)15(19)21/h4-5,9,13H,1-3,6-8H2. The Kier molecular flexibility index (Phi) is 3.97. The molecule has 6 heteroatoms. The summed E-state index contributed by atoms with van der Waals surface area (Å²) in [5.74, 6) is -0.384. The van der Waals surface area contributed by atoms with Crippen molar-refractivity contribution in [2.45, 2.75) is 31.7 Å². The van der Waals surface area contributed by atoms with E-state index in [4.69, 9.17) is 0 Å². The molecule has 2 amide bonds. The van der Waals surface area contributed by atoms with Gasteiger partial charge in [-0.15, -0.1) is 0 Å². The van der Waals surface area contributed by atoms with Crippen LogP contribution in [0.2, 0.25) is 0 Å². The lowest BCUT2D eigenvalue weighted by Gasteiger charge is -2.34. The number of carbonyl (C=O) groups is 2. The summed E-state index contributed by atoms with van der Waals surface area (Å²) in [4.78, 5) is 28.3. The van der Waals surface area contributed by atoms with Gasteiger partial charge in [0.25, 0.3) is 0 Å². The summed E-state index contributed by atoms with van der Waals surface area (Å²) >= 11 is 3.31. The van der Waals surface area contributed by atoms with Crippen LogP contribution < -0.4 is 4.90 Å². The molecule has 1 aromatic rings. The molecule has 0 saturated carbocycles. The number of anilines is 1. The second-order valence-electron chi connectivity index (χ2n) is 5.43. The van der Waals surface area contributed by atoms with Gasteiger partial charge in [0.1, 0.15) is 11.9 Å². The Labute approximate surface area is 131 Å². The Morgan fingerprint density at radius 2 is 2.00 bits per heavy atom. The molecule has 21 heavy (non-hydrogen) atoms. The van der Waals surface area contributed by atoms with E-state index < -0.39 is 0 Å². The van der Waals surface area contributed by atoms with Gasteiger partial charge in [-0.05, 0) is 53.4 Å². The first-order chi connectivity index (χ1) is 10.1. The molecule has 0 aromatic heterocycles. The number of amides is 2. The first kappa shape index (κ1) is 14.5. The minimum Gasteiger partial charge on any atom is -0.331 e. The molecule has 2 aliphatic heterocycles. The van der Waals surface area contributed by atoms with Gasteiger partial charge in [-0.25, -0.2) is 4.39 Å². The van der Waals surface area contributed by atoms with Crippen LogP contribution in [0.25, 0.3) is 0 Å². The molecule has 0 N–H and O–H groups in total. The van der Waals surface area contributed by atoms with Crippen LogP contribution in [0.15, 0.2) is 22.7 Å². The number of carbonyl (C=O) groups excluding carboxylic acids is 2. The van der Waals surface area contributed by atoms with Crippen LogP contribution in [0.4, 0.5) is 10.1 Å². The number of benzene rings is 1. The van der Waals surface area contributed by atoms with Crippen molar-refractivity contribution < 1.29 is 14.0 Å². The van der Waals surface area contributed by atoms with Crippen molar-refractivity contribution in [1.82, 2.24) is 4.90 Å². The first-order valence-electron chi connectivity index (χ1n) is 7.14. The highest BCUT2D eigenvalue weighted by atomic mass is 79.9. The zero-order chi connectivity index (χ0) is 15.0. The van der Waals surface area contributed by atoms with Gasteiger partial charge in [-0.2, -0.15) is 0 Å². The second-order valence-corrected chi connectivity index (χ2v) is 6.29. The van der Waals surface area contributed by atoms with Crippen LogP contribution in [0.1, 0.15) is 25.7 Å². The van der Waals surface area contributed by atoms with E-state index in [2.05, 4.69) is 15.9 Å². The predicted octanol–water partition coefficient (Wildman–Crippen LogP) is 2.71. The lowest BCUT2D eigenvalue weighted by Crippen LogP contribution is -2.49. The number of hydrogen-bond donors (Lipinski definition) is 0. The molecule has 1 aromatic carbocycles. The van der Waals surface area contributed by atoms with E-state index >= 15 is 0 Å². The van der Waals surface area contributed by atoms with Gasteiger partial charge in [0.05, 0.1) is 5.69 Å². The molecule has 2 aliphatic rings. The normalized spacial score (nSPS) is 23.0. The average Bonchev–Trinajstić information content (AvgIpc) is 2.59. The molecule has 1 atom stereocenters. The van der Waals surface area contributed by atoms with E-state index in [9.17, 15) is 14.0 Å². The third-order valence-electron chi connectivity index (χ3n) is 4.12. The van der Waals surface area contributed by atoms with Gasteiger partial charge < -0.3 is 9.80 Å². The van der Waals surface area contributed by atoms with Gasteiger partial charge in [-0.1, -0.05) is 0 Å². The van der Waals surface area contributed by atoms with Crippen LogP contribution in [0.3, 0.4) is 0 Å². The number of piperidine rings is 1. The molecule has 2 heterocycles. The van der Waals surface area contributed by atoms with Gasteiger partial charge in [0, 0.05) is 24.0 Å². The number of nitrogens with zero attached hydrogens (tertiary/aromatic N) is 2. The summed E-state index contributed by atoms with van der Waals surface area (Å²) in [5.41, 5.74) is 0.627. The smallest absolute Gasteiger partial charge is 0.249 e. The minimum absolute atomic E-state index is 0.0359. The van der Waals surface area contributed by atoms with Crippen molar-refractivity contribution in [1.29, 1.82) is 0 Å². The number of hydrogen-bond acceptors (Lipinski definition) is 2. The molecule has 2 fully saturated rings. The molecule has 0 spiro atoms. The highest BCUT2D eigenvalue weighted by Crippen LogP contribution is 2.31. The summed E-state index contributed by atoms with van der Waals surface area (Å²) < 4.78 is 13.8. The minimum atomic E-state index is -0.370. The SMILES string of the molecule is O=C1C2CCCCN2C(=O)CCN1c1ccc(F)cc1Br. The van der Waals surface area contributed by atoms with E-state index in [1.54, 1.807) is 15.9 Å². The lowest BCUT2D eigenvalue weighted by atomic mass is 10.0. The topological polar surface area (TPSA) is 40.6 Å². The Balaban J connectivity index is 1.95. The van der Waals surface area contributed by atoms with Gasteiger partial charge in [0.15, 0.2) is 0 Å². The van der Waals surface area contributed by atoms with Crippen LogP contribution >= 0.6 is 15.9 Å². The van der Waals surface area contributed by atoms with Crippen molar-refractivity contribution in [2.75, 3.05) is 18.0 Å². The maximum Gasteiger partial charge on any atom is 0.249 e. The Hall–Kier alpha value is -1.43. The number of fused-ring (bicyclic) bond motifs is 1. The van der Waals surface area contributed by atoms with Crippen molar-refractivity contribution in [3.63, 3.8) is 0 Å². The molecular weight excluding hydrogens is 339 g/mol. The van der Waals surface area contributed by atoms with E-state index in [1.807, 2.05) is 0 Å². The largest absolute Gasteiger partial charge is 0.331 e. The molecule has 0 radical (unpaired) electrons. The summed E-state index contributed by atoms with van der Waals surface area (Å²) in [7, 11) is 0. The summed E-state index contributed by atoms with van der Waals surface area (Å²) in [6, 6.07) is 3.89. The zero-order valence-corrected chi connectivity index (χ0v) is 13.1. The molecular formula is C15H16BrFN2O2. The Bertz CT molecular complexity index is 593. The molecule has 0 bridgehead atoms. The maximum atomic E-state index is 13.2. The Morgan fingerprint density at radius 3 is 2.76 bits per heavy atom. The molecule has 112 valence electrons. The second kappa shape index (κ2) is 5.75. The van der Waals surface area contributed by atoms with Gasteiger partial charge in [0.2, 0.25) is 11.8 Å². The Morgan fingerprint density at radius 1 is 1.19 bits per heavy atom. The average molecular weight is 355 g/mol. The van der Waals surface area contributed by atoms with Crippen molar-refractivity contribution in [3.05, 3.63) is 28.5 Å². The van der Waals surface area contributed by atoms with Crippen LogP contribution in [-0.4, -0.2) is 35.8 Å². The quantitative estimate of drug-likeness (QED) is 0.777. The molecule has 4 nitrogen and oxygen atoms in total. The zero-order valence-electron chi connectivity index (χ0n) is 11.5. The molecule has 0 aliphatic carbocycles. The fraction of sp³-hybridized carbons (Fsp3) is 0.467. The number of rotatable bonds is 1. The number of halogens is 2. The fourth-order valence-corrected chi connectivity index (χ4v) is 3.63. The molecule has 2 saturated heterocycles. The summed E-state index contributed by atoms with van der Waals surface area (Å²) in [6.45, 7) is 1.00. The van der Waals surface area contributed by atoms with Gasteiger partial charge >= 0.3 is 0 Å². The molecule has 3 rings (SSSR count). The third-order valence-corrected chi connectivity index (χ3v) is 4.76. The van der Waals surface area contributed by atoms with E-state index in [0.29, 0.717) is 36.1 Å². The highest BCUT2D eigenvalue weighted by molar-refractivity contribution is 9.10. The van der Waals surface area contributed by atoms with Crippen molar-refractivity contribution >= 4 is 33.4 Å².